The molecule has 2 rings (SSSR count). The van der Waals surface area contributed by atoms with Crippen molar-refractivity contribution >= 4 is 15.5 Å². The maximum Gasteiger partial charge on any atom is 0.174 e. The van der Waals surface area contributed by atoms with Gasteiger partial charge in [0, 0.05) is 24.8 Å². The molecule has 18 heavy (non-hydrogen) atoms. The van der Waals surface area contributed by atoms with Crippen LogP contribution in [-0.2, 0) is 9.84 Å². The van der Waals surface area contributed by atoms with Gasteiger partial charge >= 0.3 is 0 Å². The standard InChI is InChI=1S/C12H14N2O3S/c13-4-7-17-12-3-1-2-11(10-12)14-5-8-18(15,16)9-6-14/h1-3,10H,5-9H2. The van der Waals surface area contributed by atoms with Crippen LogP contribution in [0, 0.1) is 11.3 Å². The quantitative estimate of drug-likeness (QED) is 0.810. The fourth-order valence-corrected chi connectivity index (χ4v) is 3.06. The van der Waals surface area contributed by atoms with Crippen LogP contribution in [-0.4, -0.2) is 39.6 Å². The monoisotopic (exact) mass is 266 g/mol. The molecule has 0 radical (unpaired) electrons. The van der Waals surface area contributed by atoms with Crippen LogP contribution in [0.5, 0.6) is 5.75 Å². The van der Waals surface area contributed by atoms with Crippen molar-refractivity contribution in [2.24, 2.45) is 0 Å². The first kappa shape index (κ1) is 12.7. The summed E-state index contributed by atoms with van der Waals surface area (Å²) in [7, 11) is -2.86. The molecule has 0 atom stereocenters. The zero-order valence-electron chi connectivity index (χ0n) is 9.87. The predicted octanol–water partition coefficient (Wildman–Crippen LogP) is 0.824. The van der Waals surface area contributed by atoms with Crippen molar-refractivity contribution in [1.29, 1.82) is 5.26 Å². The third-order valence-electron chi connectivity index (χ3n) is 2.83. The Balaban J connectivity index is 2.08. The molecule has 0 aliphatic carbocycles. The maximum atomic E-state index is 11.3. The third kappa shape index (κ3) is 3.14. The van der Waals surface area contributed by atoms with Crippen molar-refractivity contribution in [3.8, 4) is 11.8 Å². The smallest absolute Gasteiger partial charge is 0.174 e. The Morgan fingerprint density at radius 2 is 2.06 bits per heavy atom. The van der Waals surface area contributed by atoms with E-state index in [0.29, 0.717) is 18.8 Å². The summed E-state index contributed by atoms with van der Waals surface area (Å²) in [5.74, 6) is 1.01. The van der Waals surface area contributed by atoms with Gasteiger partial charge in [-0.25, -0.2) is 8.42 Å². The number of hydrogen-bond donors (Lipinski definition) is 0. The summed E-state index contributed by atoms with van der Waals surface area (Å²) < 4.78 is 27.9. The maximum absolute atomic E-state index is 11.3. The largest absolute Gasteiger partial charge is 0.479 e. The Kier molecular flexibility index (Phi) is 3.72. The second-order valence-electron chi connectivity index (χ2n) is 4.08. The number of anilines is 1. The SMILES string of the molecule is N#CCOc1cccc(N2CCS(=O)(=O)CC2)c1. The van der Waals surface area contributed by atoms with Crippen LogP contribution >= 0.6 is 0 Å². The molecule has 1 saturated heterocycles. The lowest BCUT2D eigenvalue weighted by atomic mass is 10.2. The Hall–Kier alpha value is -1.74. The fraction of sp³-hybridized carbons (Fsp3) is 0.417. The Morgan fingerprint density at radius 3 is 2.72 bits per heavy atom. The molecule has 1 aliphatic heterocycles. The van der Waals surface area contributed by atoms with Crippen molar-refractivity contribution in [2.75, 3.05) is 36.1 Å². The molecule has 6 heteroatoms. The average Bonchev–Trinajstić information content (AvgIpc) is 2.37. The topological polar surface area (TPSA) is 70.4 Å². The summed E-state index contributed by atoms with van der Waals surface area (Å²) in [6, 6.07) is 9.27. The molecule has 0 saturated carbocycles. The first-order valence-electron chi connectivity index (χ1n) is 5.66. The molecule has 1 aromatic carbocycles. The van der Waals surface area contributed by atoms with E-state index in [4.69, 9.17) is 10.00 Å². The lowest BCUT2D eigenvalue weighted by Gasteiger charge is -2.28. The highest BCUT2D eigenvalue weighted by Crippen LogP contribution is 2.22. The van der Waals surface area contributed by atoms with Gasteiger partial charge in [-0.05, 0) is 12.1 Å². The predicted molar refractivity (Wildman–Crippen MR) is 68.4 cm³/mol. The van der Waals surface area contributed by atoms with Crippen molar-refractivity contribution in [3.05, 3.63) is 24.3 Å². The average molecular weight is 266 g/mol. The van der Waals surface area contributed by atoms with E-state index >= 15 is 0 Å². The summed E-state index contributed by atoms with van der Waals surface area (Å²) in [5.41, 5.74) is 0.931. The number of hydrogen-bond acceptors (Lipinski definition) is 5. The van der Waals surface area contributed by atoms with Crippen LogP contribution in [0.25, 0.3) is 0 Å². The minimum absolute atomic E-state index is 0.0117. The highest BCUT2D eigenvalue weighted by molar-refractivity contribution is 7.91. The molecule has 1 fully saturated rings. The van der Waals surface area contributed by atoms with Gasteiger partial charge in [-0.3, -0.25) is 0 Å². The van der Waals surface area contributed by atoms with E-state index in [1.807, 2.05) is 29.2 Å². The number of nitrogens with zero attached hydrogens (tertiary/aromatic N) is 2. The van der Waals surface area contributed by atoms with E-state index in [2.05, 4.69) is 0 Å². The molecule has 0 spiro atoms. The first-order valence-corrected chi connectivity index (χ1v) is 7.48. The van der Waals surface area contributed by atoms with E-state index in [1.54, 1.807) is 6.07 Å². The number of benzene rings is 1. The van der Waals surface area contributed by atoms with Gasteiger partial charge in [-0.1, -0.05) is 6.07 Å². The van der Waals surface area contributed by atoms with Crippen LogP contribution < -0.4 is 9.64 Å². The normalized spacial score (nSPS) is 18.1. The van der Waals surface area contributed by atoms with E-state index in [-0.39, 0.29) is 18.1 Å². The highest BCUT2D eigenvalue weighted by Gasteiger charge is 2.21. The van der Waals surface area contributed by atoms with Crippen LogP contribution in [0.3, 0.4) is 0 Å². The molecule has 0 N–H and O–H groups in total. The summed E-state index contributed by atoms with van der Waals surface area (Å²) >= 11 is 0. The van der Waals surface area contributed by atoms with Gasteiger partial charge in [-0.15, -0.1) is 0 Å². The van der Waals surface area contributed by atoms with Crippen LogP contribution in [0.15, 0.2) is 24.3 Å². The lowest BCUT2D eigenvalue weighted by molar-refractivity contribution is 0.368. The van der Waals surface area contributed by atoms with Crippen LogP contribution in [0.2, 0.25) is 0 Å². The molecule has 0 unspecified atom stereocenters. The van der Waals surface area contributed by atoms with Crippen molar-refractivity contribution < 1.29 is 13.2 Å². The minimum Gasteiger partial charge on any atom is -0.479 e. The molecule has 1 heterocycles. The Labute approximate surface area is 107 Å². The van der Waals surface area contributed by atoms with Gasteiger partial charge in [0.25, 0.3) is 0 Å². The summed E-state index contributed by atoms with van der Waals surface area (Å²) in [6.45, 7) is 1.02. The zero-order valence-corrected chi connectivity index (χ0v) is 10.7. The Morgan fingerprint density at radius 1 is 1.33 bits per heavy atom. The molecular weight excluding hydrogens is 252 g/mol. The van der Waals surface area contributed by atoms with Crippen molar-refractivity contribution in [1.82, 2.24) is 0 Å². The second kappa shape index (κ2) is 5.27. The van der Waals surface area contributed by atoms with Gasteiger partial charge in [0.05, 0.1) is 11.5 Å². The van der Waals surface area contributed by atoms with Gasteiger partial charge in [0.1, 0.15) is 11.8 Å². The summed E-state index contributed by atoms with van der Waals surface area (Å²) in [6.07, 6.45) is 0. The molecule has 1 aromatic rings. The minimum atomic E-state index is -2.86. The van der Waals surface area contributed by atoms with Gasteiger partial charge in [0.2, 0.25) is 0 Å². The molecule has 5 nitrogen and oxygen atoms in total. The molecule has 1 aliphatic rings. The van der Waals surface area contributed by atoms with E-state index in [0.717, 1.165) is 5.69 Å². The summed E-state index contributed by atoms with van der Waals surface area (Å²) in [5, 5.41) is 8.45. The van der Waals surface area contributed by atoms with E-state index in [1.165, 1.54) is 0 Å². The third-order valence-corrected chi connectivity index (χ3v) is 4.44. The Bertz CT molecular complexity index is 549. The zero-order chi connectivity index (χ0) is 13.0. The highest BCUT2D eigenvalue weighted by atomic mass is 32.2. The fourth-order valence-electron chi connectivity index (χ4n) is 1.86. The molecular formula is C12H14N2O3S. The first-order chi connectivity index (χ1) is 8.61. The van der Waals surface area contributed by atoms with Crippen molar-refractivity contribution in [3.63, 3.8) is 0 Å². The van der Waals surface area contributed by atoms with Gasteiger partial charge < -0.3 is 9.64 Å². The van der Waals surface area contributed by atoms with Gasteiger partial charge in [0.15, 0.2) is 16.4 Å². The number of ether oxygens (including phenoxy) is 1. The van der Waals surface area contributed by atoms with Gasteiger partial charge in [-0.2, -0.15) is 5.26 Å². The molecule has 0 aromatic heterocycles. The molecule has 0 amide bonds. The second-order valence-corrected chi connectivity index (χ2v) is 6.39. The number of sulfone groups is 1. The lowest BCUT2D eigenvalue weighted by Crippen LogP contribution is -2.40. The van der Waals surface area contributed by atoms with Crippen LogP contribution in [0.4, 0.5) is 5.69 Å². The summed E-state index contributed by atoms with van der Waals surface area (Å²) in [4.78, 5) is 2.01. The molecule has 0 bridgehead atoms. The number of rotatable bonds is 3. The number of nitriles is 1. The molecule has 96 valence electrons. The van der Waals surface area contributed by atoms with E-state index < -0.39 is 9.84 Å². The van der Waals surface area contributed by atoms with Crippen molar-refractivity contribution in [2.45, 2.75) is 0 Å². The van der Waals surface area contributed by atoms with Crippen LogP contribution in [0.1, 0.15) is 0 Å². The van der Waals surface area contributed by atoms with E-state index in [9.17, 15) is 8.42 Å².